The first kappa shape index (κ1) is 22.9. The Morgan fingerprint density at radius 1 is 0.944 bits per heavy atom. The van der Waals surface area contributed by atoms with E-state index in [-0.39, 0.29) is 18.1 Å². The van der Waals surface area contributed by atoms with Gasteiger partial charge in [-0.25, -0.2) is 4.79 Å². The zero-order valence-electron chi connectivity index (χ0n) is 19.3. The van der Waals surface area contributed by atoms with Crippen LogP contribution in [0.4, 0.5) is 10.5 Å². The molecule has 3 amide bonds. The predicted octanol–water partition coefficient (Wildman–Crippen LogP) is 3.97. The van der Waals surface area contributed by atoms with Crippen LogP contribution in [0.15, 0.2) is 79.0 Å². The number of carbonyl (C=O) groups is 3. The van der Waals surface area contributed by atoms with Crippen molar-refractivity contribution in [1.29, 1.82) is 0 Å². The Labute approximate surface area is 206 Å². The molecule has 0 spiro atoms. The van der Waals surface area contributed by atoms with E-state index < -0.39 is 17.9 Å². The third-order valence-electron chi connectivity index (χ3n) is 5.95. The lowest BCUT2D eigenvalue weighted by atomic mass is 10.0. The lowest BCUT2D eigenvalue weighted by Crippen LogP contribution is -2.34. The Bertz CT molecular complexity index is 1500. The van der Waals surface area contributed by atoms with Crippen molar-refractivity contribution in [1.82, 2.24) is 10.3 Å². The van der Waals surface area contributed by atoms with Crippen LogP contribution in [0.5, 0.6) is 17.2 Å². The monoisotopic (exact) mass is 482 g/mol. The lowest BCUT2D eigenvalue weighted by molar-refractivity contribution is -0.119. The summed E-state index contributed by atoms with van der Waals surface area (Å²) in [5.74, 6) is -0.438. The number of anilines is 1. The Balaban J connectivity index is 1.39. The number of hydrogen-bond donors (Lipinski definition) is 2. The molecule has 3 N–H and O–H groups in total. The van der Waals surface area contributed by atoms with Crippen molar-refractivity contribution in [2.75, 3.05) is 18.5 Å². The number of rotatable bonds is 5. The van der Waals surface area contributed by atoms with Gasteiger partial charge in [0.2, 0.25) is 5.91 Å². The van der Waals surface area contributed by atoms with E-state index >= 15 is 0 Å². The minimum absolute atomic E-state index is 0.0522. The zero-order valence-corrected chi connectivity index (χ0v) is 19.3. The Kier molecular flexibility index (Phi) is 5.95. The quantitative estimate of drug-likeness (QED) is 0.444. The molecule has 0 bridgehead atoms. The third-order valence-corrected chi connectivity index (χ3v) is 5.95. The SMILES string of the molecule is CNC(=O)c1cc(Oc2ccc3c(c2)C(C(N)=O)CN3C(=O)Oc2ccc3ccccc3c2)ccn1. The first-order chi connectivity index (χ1) is 17.4. The van der Waals surface area contributed by atoms with Crippen LogP contribution in [0.2, 0.25) is 0 Å². The van der Waals surface area contributed by atoms with Crippen LogP contribution in [0, 0.1) is 0 Å². The standard InChI is InChI=1S/C27H22N4O5/c1-29-26(33)23-14-20(10-11-30-23)35-19-8-9-24-21(13-19)22(25(28)32)15-31(24)27(34)36-18-7-6-16-4-2-3-5-17(16)12-18/h2-14,22H,15H2,1H3,(H2,28,32)(H,29,33). The van der Waals surface area contributed by atoms with Gasteiger partial charge in [-0.1, -0.05) is 30.3 Å². The Hall–Kier alpha value is -4.92. The van der Waals surface area contributed by atoms with Crippen LogP contribution in [-0.4, -0.2) is 36.5 Å². The molecule has 0 saturated carbocycles. The summed E-state index contributed by atoms with van der Waals surface area (Å²) < 4.78 is 11.5. The van der Waals surface area contributed by atoms with E-state index in [4.69, 9.17) is 15.2 Å². The van der Waals surface area contributed by atoms with Gasteiger partial charge in [0.25, 0.3) is 5.91 Å². The molecule has 180 valence electrons. The summed E-state index contributed by atoms with van der Waals surface area (Å²) in [6.45, 7) is 0.0522. The number of hydrogen-bond acceptors (Lipinski definition) is 6. The maximum Gasteiger partial charge on any atom is 0.419 e. The van der Waals surface area contributed by atoms with Crippen molar-refractivity contribution in [3.63, 3.8) is 0 Å². The maximum atomic E-state index is 13.1. The van der Waals surface area contributed by atoms with Crippen molar-refractivity contribution in [2.45, 2.75) is 5.92 Å². The molecule has 1 aliphatic heterocycles. The van der Waals surface area contributed by atoms with Gasteiger partial charge in [0.15, 0.2) is 0 Å². The molecule has 0 fully saturated rings. The Morgan fingerprint density at radius 2 is 1.69 bits per heavy atom. The van der Waals surface area contributed by atoms with E-state index in [1.807, 2.05) is 30.3 Å². The van der Waals surface area contributed by atoms with Gasteiger partial charge < -0.3 is 20.5 Å². The number of nitrogens with one attached hydrogen (secondary N) is 1. The van der Waals surface area contributed by atoms with Gasteiger partial charge in [-0.05, 0) is 52.7 Å². The van der Waals surface area contributed by atoms with Crippen molar-refractivity contribution in [3.8, 4) is 17.2 Å². The van der Waals surface area contributed by atoms with E-state index in [2.05, 4.69) is 10.3 Å². The highest BCUT2D eigenvalue weighted by Gasteiger charge is 2.37. The fraction of sp³-hybridized carbons (Fsp3) is 0.111. The number of amides is 3. The molecule has 1 aliphatic rings. The number of ether oxygens (including phenoxy) is 2. The zero-order chi connectivity index (χ0) is 25.2. The molecule has 9 nitrogen and oxygen atoms in total. The van der Waals surface area contributed by atoms with Crippen LogP contribution in [0.1, 0.15) is 22.0 Å². The van der Waals surface area contributed by atoms with Crippen LogP contribution in [-0.2, 0) is 4.79 Å². The molecular weight excluding hydrogens is 460 g/mol. The fourth-order valence-corrected chi connectivity index (χ4v) is 4.17. The molecule has 2 heterocycles. The van der Waals surface area contributed by atoms with E-state index in [1.165, 1.54) is 24.2 Å². The van der Waals surface area contributed by atoms with Gasteiger partial charge in [0.05, 0.1) is 11.6 Å². The third kappa shape index (κ3) is 4.41. The number of carbonyl (C=O) groups excluding carboxylic acids is 3. The minimum atomic E-state index is -0.730. The molecule has 0 radical (unpaired) electrons. The number of nitrogens with zero attached hydrogens (tertiary/aromatic N) is 2. The summed E-state index contributed by atoms with van der Waals surface area (Å²) in [7, 11) is 1.51. The lowest BCUT2D eigenvalue weighted by Gasteiger charge is -2.17. The number of primary amides is 1. The molecule has 9 heteroatoms. The topological polar surface area (TPSA) is 124 Å². The van der Waals surface area contributed by atoms with Gasteiger partial charge in [0, 0.05) is 25.9 Å². The molecule has 5 rings (SSSR count). The van der Waals surface area contributed by atoms with Gasteiger partial charge in [-0.3, -0.25) is 19.5 Å². The highest BCUT2D eigenvalue weighted by atomic mass is 16.6. The van der Waals surface area contributed by atoms with Gasteiger partial charge in [0.1, 0.15) is 22.9 Å². The molecular formula is C27H22N4O5. The highest BCUT2D eigenvalue weighted by Crippen LogP contribution is 2.40. The molecule has 4 aromatic rings. The summed E-state index contributed by atoms with van der Waals surface area (Å²) in [6.07, 6.45) is 0.845. The van der Waals surface area contributed by atoms with Crippen molar-refractivity contribution in [3.05, 3.63) is 90.3 Å². The fourth-order valence-electron chi connectivity index (χ4n) is 4.17. The van der Waals surface area contributed by atoms with Gasteiger partial charge in [-0.15, -0.1) is 0 Å². The predicted molar refractivity (Wildman–Crippen MR) is 133 cm³/mol. The van der Waals surface area contributed by atoms with Crippen molar-refractivity contribution >= 4 is 34.4 Å². The molecule has 0 saturated heterocycles. The number of fused-ring (bicyclic) bond motifs is 2. The smallest absolute Gasteiger partial charge is 0.419 e. The van der Waals surface area contributed by atoms with Gasteiger partial charge in [-0.2, -0.15) is 0 Å². The second-order valence-corrected chi connectivity index (χ2v) is 8.22. The van der Waals surface area contributed by atoms with E-state index in [1.54, 1.807) is 36.4 Å². The van der Waals surface area contributed by atoms with Gasteiger partial charge >= 0.3 is 6.09 Å². The summed E-state index contributed by atoms with van der Waals surface area (Å²) in [5.41, 5.74) is 6.92. The molecule has 1 unspecified atom stereocenters. The summed E-state index contributed by atoms with van der Waals surface area (Å²) in [5, 5.41) is 4.48. The largest absolute Gasteiger partial charge is 0.457 e. The second kappa shape index (κ2) is 9.38. The number of pyridine rings is 1. The maximum absolute atomic E-state index is 13.1. The summed E-state index contributed by atoms with van der Waals surface area (Å²) in [4.78, 5) is 42.5. The molecule has 3 aromatic carbocycles. The average Bonchev–Trinajstić information content (AvgIpc) is 3.28. The second-order valence-electron chi connectivity index (χ2n) is 8.22. The van der Waals surface area contributed by atoms with Crippen LogP contribution in [0.3, 0.4) is 0 Å². The van der Waals surface area contributed by atoms with Crippen LogP contribution in [0.25, 0.3) is 10.8 Å². The summed E-state index contributed by atoms with van der Waals surface area (Å²) >= 11 is 0. The van der Waals surface area contributed by atoms with Crippen LogP contribution >= 0.6 is 0 Å². The normalized spacial score (nSPS) is 14.2. The van der Waals surface area contributed by atoms with Crippen molar-refractivity contribution < 1.29 is 23.9 Å². The van der Waals surface area contributed by atoms with Crippen LogP contribution < -0.4 is 25.4 Å². The minimum Gasteiger partial charge on any atom is -0.457 e. The number of aromatic nitrogens is 1. The first-order valence-electron chi connectivity index (χ1n) is 11.2. The van der Waals surface area contributed by atoms with E-state index in [0.29, 0.717) is 28.5 Å². The summed E-state index contributed by atoms with van der Waals surface area (Å²) in [6, 6.07) is 21.3. The average molecular weight is 482 g/mol. The number of benzene rings is 3. The van der Waals surface area contributed by atoms with E-state index in [9.17, 15) is 14.4 Å². The van der Waals surface area contributed by atoms with Crippen molar-refractivity contribution in [2.24, 2.45) is 5.73 Å². The van der Waals surface area contributed by atoms with E-state index in [0.717, 1.165) is 10.8 Å². The number of nitrogens with two attached hydrogens (primary N) is 1. The first-order valence-corrected chi connectivity index (χ1v) is 11.2. The molecule has 1 atom stereocenters. The molecule has 0 aliphatic carbocycles. The molecule has 1 aromatic heterocycles. The highest BCUT2D eigenvalue weighted by molar-refractivity contribution is 5.98. The molecule has 36 heavy (non-hydrogen) atoms. The Morgan fingerprint density at radius 3 is 2.47 bits per heavy atom.